The topological polar surface area (TPSA) is 35.5 Å². The first-order valence-electron chi connectivity index (χ1n) is 8.05. The van der Waals surface area contributed by atoms with Crippen molar-refractivity contribution in [1.29, 1.82) is 0 Å². The second-order valence-electron chi connectivity index (χ2n) is 6.16. The van der Waals surface area contributed by atoms with Gasteiger partial charge in [0.1, 0.15) is 5.78 Å². The molecule has 0 unspecified atom stereocenters. The molecule has 0 amide bonds. The molecule has 0 spiro atoms. The van der Waals surface area contributed by atoms with E-state index in [1.54, 1.807) is 0 Å². The molecule has 0 aliphatic heterocycles. The van der Waals surface area contributed by atoms with Crippen LogP contribution in [0.5, 0.6) is 0 Å². The summed E-state index contributed by atoms with van der Waals surface area (Å²) in [4.78, 5) is 12.1. The van der Waals surface area contributed by atoms with E-state index in [1.165, 1.54) is 0 Å². The smallest absolute Gasteiger partial charge is 0.143 e. The summed E-state index contributed by atoms with van der Waals surface area (Å²) in [5.74, 6) is 0.263. The number of Topliss-reactive ketones (excluding diaryl/α,β-unsaturated/α-hetero) is 1. The van der Waals surface area contributed by atoms with Gasteiger partial charge in [-0.25, -0.2) is 0 Å². The molecule has 0 heterocycles. The van der Waals surface area contributed by atoms with E-state index in [0.29, 0.717) is 32.8 Å². The molecule has 120 valence electrons. The molecule has 0 bridgehead atoms. The zero-order valence-electron chi connectivity index (χ0n) is 13.2. The van der Waals surface area contributed by atoms with Crippen LogP contribution >= 0.6 is 0 Å². The highest BCUT2D eigenvalue weighted by atomic mass is 16.5. The van der Waals surface area contributed by atoms with E-state index in [0.717, 1.165) is 17.5 Å². The molecule has 2 aromatic carbocycles. The quantitative estimate of drug-likeness (QED) is 0.744. The first kappa shape index (κ1) is 15.9. The van der Waals surface area contributed by atoms with Gasteiger partial charge in [-0.05, 0) is 17.5 Å². The zero-order valence-corrected chi connectivity index (χ0v) is 13.2. The summed E-state index contributed by atoms with van der Waals surface area (Å²) < 4.78 is 11.6. The Bertz CT molecular complexity index is 576. The maximum atomic E-state index is 12.1. The maximum absolute atomic E-state index is 12.1. The second-order valence-corrected chi connectivity index (χ2v) is 6.16. The van der Waals surface area contributed by atoms with Crippen LogP contribution < -0.4 is 0 Å². The first-order chi connectivity index (χ1) is 11.3. The number of ketones is 1. The average Bonchev–Trinajstić information content (AvgIpc) is 2.61. The summed E-state index contributed by atoms with van der Waals surface area (Å²) in [5.41, 5.74) is 1.81. The van der Waals surface area contributed by atoms with Gasteiger partial charge in [-0.3, -0.25) is 4.79 Å². The number of rotatable bonds is 8. The molecule has 3 nitrogen and oxygen atoms in total. The van der Waals surface area contributed by atoms with E-state index in [2.05, 4.69) is 0 Å². The van der Waals surface area contributed by atoms with Crippen LogP contribution in [-0.4, -0.2) is 19.0 Å². The number of hydrogen-bond acceptors (Lipinski definition) is 3. The summed E-state index contributed by atoms with van der Waals surface area (Å²) in [6.07, 6.45) is 1.50. The zero-order chi connectivity index (χ0) is 16.0. The Morgan fingerprint density at radius 2 is 1.26 bits per heavy atom. The van der Waals surface area contributed by atoms with Gasteiger partial charge in [0.15, 0.2) is 0 Å². The van der Waals surface area contributed by atoms with Gasteiger partial charge in [-0.15, -0.1) is 0 Å². The number of carbonyl (C=O) groups is 1. The Kier molecular flexibility index (Phi) is 5.21. The predicted molar refractivity (Wildman–Crippen MR) is 88.9 cm³/mol. The van der Waals surface area contributed by atoms with Crippen LogP contribution in [0.15, 0.2) is 60.7 Å². The minimum absolute atomic E-state index is 0.263. The van der Waals surface area contributed by atoms with Gasteiger partial charge in [0.2, 0.25) is 0 Å². The Hall–Kier alpha value is -1.97. The number of ether oxygens (including phenoxy) is 2. The number of benzene rings is 2. The van der Waals surface area contributed by atoms with E-state index >= 15 is 0 Å². The number of carbonyl (C=O) groups excluding carboxylic acids is 1. The van der Waals surface area contributed by atoms with Crippen LogP contribution in [0.3, 0.4) is 0 Å². The molecule has 1 aliphatic rings. The molecular weight excluding hydrogens is 288 g/mol. The highest BCUT2D eigenvalue weighted by Gasteiger charge is 2.46. The third kappa shape index (κ3) is 4.06. The largest absolute Gasteiger partial charge is 0.376 e. The molecule has 0 atom stereocenters. The minimum atomic E-state index is -0.441. The molecule has 23 heavy (non-hydrogen) atoms. The number of hydrogen-bond donors (Lipinski definition) is 0. The SMILES string of the molecule is O=C1CCC1(COCc1ccccc1)COCc1ccccc1. The van der Waals surface area contributed by atoms with E-state index < -0.39 is 5.41 Å². The molecule has 2 aromatic rings. The fraction of sp³-hybridized carbons (Fsp3) is 0.350. The molecule has 0 N–H and O–H groups in total. The Morgan fingerprint density at radius 1 is 0.783 bits per heavy atom. The molecule has 3 rings (SSSR count). The van der Waals surface area contributed by atoms with Gasteiger partial charge in [0, 0.05) is 6.42 Å². The van der Waals surface area contributed by atoms with Crippen molar-refractivity contribution in [2.24, 2.45) is 5.41 Å². The van der Waals surface area contributed by atoms with E-state index in [4.69, 9.17) is 9.47 Å². The van der Waals surface area contributed by atoms with Crippen LogP contribution in [0.4, 0.5) is 0 Å². The summed E-state index contributed by atoms with van der Waals surface area (Å²) in [7, 11) is 0. The molecular formula is C20H22O3. The molecule has 3 heteroatoms. The summed E-state index contributed by atoms with van der Waals surface area (Å²) >= 11 is 0. The third-order valence-electron chi connectivity index (χ3n) is 4.40. The van der Waals surface area contributed by atoms with E-state index in [9.17, 15) is 4.79 Å². The monoisotopic (exact) mass is 310 g/mol. The summed E-state index contributed by atoms with van der Waals surface area (Å²) in [5, 5.41) is 0. The van der Waals surface area contributed by atoms with Crippen molar-refractivity contribution < 1.29 is 14.3 Å². The lowest BCUT2D eigenvalue weighted by Crippen LogP contribution is -2.48. The normalized spacial score (nSPS) is 16.1. The van der Waals surface area contributed by atoms with Crippen molar-refractivity contribution in [1.82, 2.24) is 0 Å². The molecule has 1 aliphatic carbocycles. The van der Waals surface area contributed by atoms with Crippen LogP contribution in [0.25, 0.3) is 0 Å². The molecule has 0 aromatic heterocycles. The second kappa shape index (κ2) is 7.53. The standard InChI is InChI=1S/C20H22O3/c21-19-11-12-20(19,15-22-13-17-7-3-1-4-8-17)16-23-14-18-9-5-2-6-10-18/h1-10H,11-16H2. The van der Waals surface area contributed by atoms with Crippen molar-refractivity contribution in [3.8, 4) is 0 Å². The Morgan fingerprint density at radius 3 is 1.61 bits per heavy atom. The maximum Gasteiger partial charge on any atom is 0.143 e. The van der Waals surface area contributed by atoms with E-state index in [1.807, 2.05) is 60.7 Å². The van der Waals surface area contributed by atoms with Crippen molar-refractivity contribution in [2.75, 3.05) is 13.2 Å². The lowest BCUT2D eigenvalue weighted by atomic mass is 9.68. The van der Waals surface area contributed by atoms with Crippen LogP contribution in [-0.2, 0) is 27.5 Å². The lowest BCUT2D eigenvalue weighted by molar-refractivity contribution is -0.152. The lowest BCUT2D eigenvalue weighted by Gasteiger charge is -2.39. The van der Waals surface area contributed by atoms with Gasteiger partial charge in [0.25, 0.3) is 0 Å². The van der Waals surface area contributed by atoms with Crippen LogP contribution in [0.1, 0.15) is 24.0 Å². The summed E-state index contributed by atoms with van der Waals surface area (Å²) in [6, 6.07) is 20.1. The first-order valence-corrected chi connectivity index (χ1v) is 8.05. The molecule has 0 radical (unpaired) electrons. The highest BCUT2D eigenvalue weighted by Crippen LogP contribution is 2.38. The fourth-order valence-corrected chi connectivity index (χ4v) is 2.80. The van der Waals surface area contributed by atoms with Crippen molar-refractivity contribution in [3.05, 3.63) is 71.8 Å². The Balaban J connectivity index is 1.48. The van der Waals surface area contributed by atoms with Crippen molar-refractivity contribution in [2.45, 2.75) is 26.1 Å². The van der Waals surface area contributed by atoms with E-state index in [-0.39, 0.29) is 5.78 Å². The Labute approximate surface area is 137 Å². The fourth-order valence-electron chi connectivity index (χ4n) is 2.80. The average molecular weight is 310 g/mol. The van der Waals surface area contributed by atoms with Crippen LogP contribution in [0, 0.1) is 5.41 Å². The predicted octanol–water partition coefficient (Wildman–Crippen LogP) is 3.77. The van der Waals surface area contributed by atoms with Gasteiger partial charge in [-0.1, -0.05) is 60.7 Å². The van der Waals surface area contributed by atoms with Gasteiger partial charge in [-0.2, -0.15) is 0 Å². The third-order valence-corrected chi connectivity index (χ3v) is 4.40. The minimum Gasteiger partial charge on any atom is -0.376 e. The highest BCUT2D eigenvalue weighted by molar-refractivity contribution is 5.90. The summed E-state index contributed by atoms with van der Waals surface area (Å²) in [6.45, 7) is 1.95. The molecule has 0 saturated heterocycles. The van der Waals surface area contributed by atoms with Gasteiger partial charge in [0.05, 0.1) is 31.8 Å². The van der Waals surface area contributed by atoms with Gasteiger partial charge < -0.3 is 9.47 Å². The van der Waals surface area contributed by atoms with Gasteiger partial charge >= 0.3 is 0 Å². The van der Waals surface area contributed by atoms with Crippen LogP contribution in [0.2, 0.25) is 0 Å². The molecule has 1 saturated carbocycles. The van der Waals surface area contributed by atoms with Crippen molar-refractivity contribution in [3.63, 3.8) is 0 Å². The molecule has 1 fully saturated rings. The van der Waals surface area contributed by atoms with Crippen molar-refractivity contribution >= 4 is 5.78 Å².